The van der Waals surface area contributed by atoms with Crippen molar-refractivity contribution < 1.29 is 67.0 Å². The van der Waals surface area contributed by atoms with Gasteiger partial charge in [0.15, 0.2) is 30.0 Å². The number of alkyl halides is 1. The van der Waals surface area contributed by atoms with E-state index in [1.807, 2.05) is 0 Å². The summed E-state index contributed by atoms with van der Waals surface area (Å²) >= 11 is 6.75. The van der Waals surface area contributed by atoms with Crippen LogP contribution in [0.4, 0.5) is 0 Å². The van der Waals surface area contributed by atoms with Gasteiger partial charge in [0, 0.05) is 40.5 Å². The zero-order valence-electron chi connectivity index (χ0n) is 25.9. The lowest BCUT2D eigenvalue weighted by Gasteiger charge is -2.59. The van der Waals surface area contributed by atoms with E-state index in [1.165, 1.54) is 26.0 Å². The molecule has 0 bridgehead atoms. The van der Waals surface area contributed by atoms with Crippen LogP contribution in [0.15, 0.2) is 24.3 Å². The monoisotopic (exact) mass is 656 g/mol. The van der Waals surface area contributed by atoms with E-state index >= 15 is 0 Å². The Labute approximate surface area is 264 Å². The molecule has 0 aromatic heterocycles. The normalized spacial score (nSPS) is 42.6. The summed E-state index contributed by atoms with van der Waals surface area (Å²) in [5.41, 5.74) is -5.85. The summed E-state index contributed by atoms with van der Waals surface area (Å²) in [6, 6.07) is 0. The number of allylic oxidation sites excluding steroid dienone is 1. The summed E-state index contributed by atoms with van der Waals surface area (Å²) < 4.78 is 40.5. The number of carbonyl (C=O) groups excluding carboxylic acids is 6. The van der Waals surface area contributed by atoms with Crippen molar-refractivity contribution in [2.24, 2.45) is 17.3 Å². The van der Waals surface area contributed by atoms with Crippen LogP contribution in [-0.4, -0.2) is 101 Å². The molecule has 4 aliphatic rings. The Hall–Kier alpha value is -3.49. The van der Waals surface area contributed by atoms with Crippen LogP contribution in [0.2, 0.25) is 0 Å². The second-order valence-electron chi connectivity index (χ2n) is 12.1. The van der Waals surface area contributed by atoms with Crippen molar-refractivity contribution in [1.82, 2.24) is 0 Å². The fraction of sp³-hybridized carbons (Fsp3) is 0.667. The first-order valence-electron chi connectivity index (χ1n) is 14.3. The minimum absolute atomic E-state index is 0.120. The predicted octanol–water partition coefficient (Wildman–Crippen LogP) is 1.08. The maximum absolute atomic E-state index is 13.1. The van der Waals surface area contributed by atoms with E-state index in [1.54, 1.807) is 0 Å². The molecule has 2 aliphatic carbocycles. The molecule has 45 heavy (non-hydrogen) atoms. The number of esters is 6. The van der Waals surface area contributed by atoms with Crippen molar-refractivity contribution in [2.75, 3.05) is 6.61 Å². The summed E-state index contributed by atoms with van der Waals surface area (Å²) in [5.74, 6) is -7.91. The molecule has 15 heteroatoms. The second-order valence-corrected chi connectivity index (χ2v) is 12.6. The van der Waals surface area contributed by atoms with E-state index in [2.05, 4.69) is 6.58 Å². The topological polar surface area (TPSA) is 191 Å². The minimum atomic E-state index is -2.41. The number of ether oxygens (including phenoxy) is 7. The van der Waals surface area contributed by atoms with Crippen molar-refractivity contribution in [3.05, 3.63) is 24.3 Å². The SMILES string of the molecule is C=C1/C=C/[C@H](OC(C)=O)[C@@]2(C)[C@@H](OC(C)=O)[C@@H](OC(C)=O)[C@@H](OC(C)=O)[C@]3(CO3)[C@@H]2[C@H](OC(C)=O)[C@]2(O)[C@@H](C)C(=O)O[C@H]2[C@H]1Cl. The second kappa shape index (κ2) is 12.0. The van der Waals surface area contributed by atoms with Crippen molar-refractivity contribution >= 4 is 47.4 Å². The highest BCUT2D eigenvalue weighted by Crippen LogP contribution is 2.63. The summed E-state index contributed by atoms with van der Waals surface area (Å²) in [4.78, 5) is 76.3. The number of hydrogen-bond acceptors (Lipinski definition) is 14. The average molecular weight is 657 g/mol. The molecule has 1 N–H and O–H groups in total. The quantitative estimate of drug-likeness (QED) is 0.191. The summed E-state index contributed by atoms with van der Waals surface area (Å²) in [6.07, 6.45) is -6.63. The van der Waals surface area contributed by atoms with E-state index in [0.29, 0.717) is 0 Å². The first-order chi connectivity index (χ1) is 20.8. The Morgan fingerprint density at radius 1 is 0.889 bits per heavy atom. The molecule has 2 heterocycles. The third-order valence-corrected chi connectivity index (χ3v) is 9.57. The fourth-order valence-electron chi connectivity index (χ4n) is 7.17. The number of hydrogen-bond donors (Lipinski definition) is 1. The third kappa shape index (κ3) is 5.72. The van der Waals surface area contributed by atoms with Crippen LogP contribution in [0.3, 0.4) is 0 Å². The van der Waals surface area contributed by atoms with Gasteiger partial charge in [0.1, 0.15) is 17.8 Å². The zero-order chi connectivity index (χ0) is 33.8. The number of halogens is 1. The van der Waals surface area contributed by atoms with Gasteiger partial charge in [0.05, 0.1) is 23.3 Å². The maximum atomic E-state index is 13.1. The number of fused-ring (bicyclic) bond motifs is 3. The van der Waals surface area contributed by atoms with Crippen LogP contribution in [0.1, 0.15) is 48.5 Å². The Balaban J connectivity index is 2.17. The molecular weight excluding hydrogens is 620 g/mol. The van der Waals surface area contributed by atoms with Crippen LogP contribution in [0, 0.1) is 17.3 Å². The van der Waals surface area contributed by atoms with Gasteiger partial charge in [-0.15, -0.1) is 11.6 Å². The van der Waals surface area contributed by atoms with Gasteiger partial charge in [-0.3, -0.25) is 28.8 Å². The summed E-state index contributed by atoms with van der Waals surface area (Å²) in [6.45, 7) is 12.0. The smallest absolute Gasteiger partial charge is 0.312 e. The van der Waals surface area contributed by atoms with Gasteiger partial charge in [-0.1, -0.05) is 19.6 Å². The number of epoxide rings is 1. The third-order valence-electron chi connectivity index (χ3n) is 9.06. The number of aliphatic hydroxyl groups is 1. The van der Waals surface area contributed by atoms with Gasteiger partial charge in [0.2, 0.25) is 0 Å². The van der Waals surface area contributed by atoms with Gasteiger partial charge in [-0.2, -0.15) is 0 Å². The fourth-order valence-corrected chi connectivity index (χ4v) is 7.50. The van der Waals surface area contributed by atoms with Gasteiger partial charge in [-0.05, 0) is 18.6 Å². The van der Waals surface area contributed by atoms with Crippen LogP contribution in [-0.2, 0) is 61.9 Å². The molecule has 1 spiro atoms. The molecule has 2 aliphatic heterocycles. The standard InChI is InChI=1S/C30H37ClO14/c1-12-9-10-19(40-14(3)32)28(8)22(26(44-18(7)36)30(38)13(2)27(37)45-23(30)20(12)31)29(11-39-29)25(43-17(6)35)21(41-15(4)33)24(28)42-16(5)34/h9-10,13,19-26,38H,1,11H2,2-8H3/b10-9+/t13-,19-,20-,21+,22+,23-,24-,25+,26-,28+,29-,30-/m0/s1. The molecule has 0 unspecified atom stereocenters. The van der Waals surface area contributed by atoms with Crippen LogP contribution in [0.5, 0.6) is 0 Å². The Morgan fingerprint density at radius 2 is 1.38 bits per heavy atom. The highest BCUT2D eigenvalue weighted by Gasteiger charge is 2.81. The highest BCUT2D eigenvalue weighted by atomic mass is 35.5. The van der Waals surface area contributed by atoms with E-state index in [0.717, 1.165) is 34.6 Å². The Bertz CT molecular complexity index is 1340. The van der Waals surface area contributed by atoms with E-state index in [-0.39, 0.29) is 12.2 Å². The molecule has 12 atom stereocenters. The lowest BCUT2D eigenvalue weighted by molar-refractivity contribution is -0.280. The predicted molar refractivity (Wildman–Crippen MR) is 150 cm³/mol. The average Bonchev–Trinajstić information content (AvgIpc) is 3.67. The zero-order valence-corrected chi connectivity index (χ0v) is 26.7. The van der Waals surface area contributed by atoms with Gasteiger partial charge in [0.25, 0.3) is 0 Å². The van der Waals surface area contributed by atoms with E-state index < -0.39 is 106 Å². The molecular formula is C30H37ClO14. The molecule has 0 aromatic carbocycles. The number of carbonyl (C=O) groups is 6. The van der Waals surface area contributed by atoms with Crippen molar-refractivity contribution in [2.45, 2.75) is 102 Å². The molecule has 4 rings (SSSR count). The largest absolute Gasteiger partial charge is 0.459 e. The Kier molecular flexibility index (Phi) is 9.19. The van der Waals surface area contributed by atoms with Gasteiger partial charge in [-0.25, -0.2) is 0 Å². The van der Waals surface area contributed by atoms with Crippen LogP contribution < -0.4 is 0 Å². The van der Waals surface area contributed by atoms with Crippen molar-refractivity contribution in [1.29, 1.82) is 0 Å². The molecule has 2 saturated heterocycles. The molecule has 248 valence electrons. The molecule has 0 amide bonds. The lowest BCUT2D eigenvalue weighted by Crippen LogP contribution is -2.76. The lowest BCUT2D eigenvalue weighted by atomic mass is 9.51. The summed E-state index contributed by atoms with van der Waals surface area (Å²) in [7, 11) is 0. The first-order valence-corrected chi connectivity index (χ1v) is 14.7. The summed E-state index contributed by atoms with van der Waals surface area (Å²) in [5, 5.41) is 11.4. The molecule has 14 nitrogen and oxygen atoms in total. The Morgan fingerprint density at radius 3 is 1.87 bits per heavy atom. The number of rotatable bonds is 5. The van der Waals surface area contributed by atoms with Crippen LogP contribution >= 0.6 is 11.6 Å². The molecule has 3 fully saturated rings. The molecule has 0 radical (unpaired) electrons. The van der Waals surface area contributed by atoms with E-state index in [4.69, 9.17) is 44.8 Å². The van der Waals surface area contributed by atoms with Crippen molar-refractivity contribution in [3.63, 3.8) is 0 Å². The highest BCUT2D eigenvalue weighted by molar-refractivity contribution is 6.23. The van der Waals surface area contributed by atoms with Gasteiger partial charge < -0.3 is 38.3 Å². The first kappa shape index (κ1) is 34.4. The maximum Gasteiger partial charge on any atom is 0.312 e. The molecule has 0 aromatic rings. The molecule has 1 saturated carbocycles. The van der Waals surface area contributed by atoms with Gasteiger partial charge >= 0.3 is 35.8 Å². The minimum Gasteiger partial charge on any atom is -0.459 e. The van der Waals surface area contributed by atoms with Crippen molar-refractivity contribution in [3.8, 4) is 0 Å². The van der Waals surface area contributed by atoms with Crippen LogP contribution in [0.25, 0.3) is 0 Å². The van der Waals surface area contributed by atoms with E-state index in [9.17, 15) is 33.9 Å².